The molecule has 288 valence electrons. The fourth-order valence-corrected chi connectivity index (χ4v) is 7.00. The van der Waals surface area contributed by atoms with Gasteiger partial charge in [0.2, 0.25) is 21.8 Å². The number of thioether (sulfide) groups is 1. The zero-order valence-electron chi connectivity index (χ0n) is 29.4. The highest BCUT2D eigenvalue weighted by molar-refractivity contribution is 8.00. The number of halogens is 1. The van der Waals surface area contributed by atoms with E-state index in [2.05, 4.69) is 27.2 Å². The number of nitrogens with two attached hydrogens (primary N) is 1. The van der Waals surface area contributed by atoms with E-state index in [4.69, 9.17) is 10.5 Å². The summed E-state index contributed by atoms with van der Waals surface area (Å²) < 4.78 is 43.9. The Bertz CT molecular complexity index is 1940. The number of anilines is 1. The molecule has 4 atom stereocenters. The number of β-lactam (4-membered cyclic amide) rings is 1. The van der Waals surface area contributed by atoms with E-state index in [0.29, 0.717) is 42.0 Å². The minimum Gasteiger partial charge on any atom is -0.484 e. The highest BCUT2D eigenvalue weighted by Crippen LogP contribution is 2.46. The summed E-state index contributed by atoms with van der Waals surface area (Å²) in [5, 5.41) is 24.3. The lowest BCUT2D eigenvalue weighted by molar-refractivity contribution is -0.142. The third-order valence-electron chi connectivity index (χ3n) is 8.15. The highest BCUT2D eigenvalue weighted by Gasteiger charge is 2.49. The lowest BCUT2D eigenvalue weighted by Crippen LogP contribution is -2.57. The first-order valence-corrected chi connectivity index (χ1v) is 19.8. The van der Waals surface area contributed by atoms with Crippen molar-refractivity contribution in [3.63, 3.8) is 0 Å². The first kappa shape index (κ1) is 41.8. The third kappa shape index (κ3) is 12.6. The van der Waals surface area contributed by atoms with Gasteiger partial charge in [-0.25, -0.2) is 22.3 Å². The van der Waals surface area contributed by atoms with Crippen LogP contribution in [0.3, 0.4) is 0 Å². The molecule has 14 nitrogen and oxygen atoms in total. The maximum Gasteiger partial charge on any atom is 0.326 e. The molecule has 1 aliphatic rings. The largest absolute Gasteiger partial charge is 0.484 e. The van der Waals surface area contributed by atoms with Crippen LogP contribution in [0.5, 0.6) is 5.75 Å². The predicted octanol–water partition coefficient (Wildman–Crippen LogP) is 1.84. The maximum absolute atomic E-state index is 13.6. The van der Waals surface area contributed by atoms with Gasteiger partial charge in [-0.05, 0) is 85.5 Å². The Morgan fingerprint density at radius 3 is 2.33 bits per heavy atom. The molecule has 3 amide bonds. The molecule has 17 heteroatoms. The number of carboxylic acids is 1. The van der Waals surface area contributed by atoms with E-state index in [0.717, 1.165) is 11.8 Å². The van der Waals surface area contributed by atoms with Gasteiger partial charge in [0.1, 0.15) is 22.9 Å². The van der Waals surface area contributed by atoms with Crippen LogP contribution < -0.4 is 30.7 Å². The molecule has 0 unspecified atom stereocenters. The minimum absolute atomic E-state index is 0.0528. The van der Waals surface area contributed by atoms with E-state index in [1.54, 1.807) is 53.4 Å². The number of nitrogens with zero attached hydrogens (tertiary/aromatic N) is 1. The Balaban J connectivity index is 1.40. The number of amides is 3. The van der Waals surface area contributed by atoms with Crippen molar-refractivity contribution >= 4 is 51.2 Å². The molecule has 1 heterocycles. The maximum atomic E-state index is 13.6. The molecule has 0 radical (unpaired) electrons. The summed E-state index contributed by atoms with van der Waals surface area (Å²) >= 11 is 1.27. The van der Waals surface area contributed by atoms with Gasteiger partial charge in [-0.3, -0.25) is 14.4 Å². The second-order valence-corrected chi connectivity index (χ2v) is 15.3. The number of hydrogen-bond acceptors (Lipinski definition) is 10. The Hall–Kier alpha value is -4.99. The zero-order valence-corrected chi connectivity index (χ0v) is 31.0. The van der Waals surface area contributed by atoms with E-state index in [9.17, 15) is 42.2 Å². The van der Waals surface area contributed by atoms with Crippen LogP contribution in [0.2, 0.25) is 0 Å². The predicted molar refractivity (Wildman–Crippen MR) is 201 cm³/mol. The molecule has 1 saturated heterocycles. The number of aliphatic hydroxyl groups excluding tert-OH is 1. The summed E-state index contributed by atoms with van der Waals surface area (Å²) in [4.78, 5) is 51.2. The number of carbonyl (C=O) groups excluding carboxylic acids is 3. The van der Waals surface area contributed by atoms with Crippen LogP contribution >= 0.6 is 11.8 Å². The Morgan fingerprint density at radius 2 is 1.70 bits per heavy atom. The van der Waals surface area contributed by atoms with Crippen molar-refractivity contribution in [1.29, 1.82) is 0 Å². The quantitative estimate of drug-likeness (QED) is 0.0586. The molecule has 0 aromatic heterocycles. The number of ether oxygens (including phenoxy) is 1. The van der Waals surface area contributed by atoms with Gasteiger partial charge in [0, 0.05) is 17.0 Å². The van der Waals surface area contributed by atoms with Crippen molar-refractivity contribution in [2.24, 2.45) is 5.73 Å². The summed E-state index contributed by atoms with van der Waals surface area (Å²) in [6.07, 6.45) is 1.46. The molecule has 0 spiro atoms. The average molecular weight is 784 g/mol. The van der Waals surface area contributed by atoms with Crippen LogP contribution in [0.4, 0.5) is 10.1 Å². The summed E-state index contributed by atoms with van der Waals surface area (Å²) in [5.41, 5.74) is 7.90. The van der Waals surface area contributed by atoms with Crippen molar-refractivity contribution in [2.45, 2.75) is 42.7 Å². The van der Waals surface area contributed by atoms with Crippen molar-refractivity contribution < 1.29 is 46.9 Å². The summed E-state index contributed by atoms with van der Waals surface area (Å²) in [6, 6.07) is 17.6. The normalized spacial score (nSPS) is 16.3. The SMILES string of the molecule is CS(=O)(=O)NCC#Cc1ccc(N2C(=O)[C@H](SC[C@H](O)c3ccc(F)cc3)[C@H]2c2ccc(OCC(=O)NCC(=O)N[C@H](CCCCN)C(=O)O)cc2)cc1. The standard InChI is InChI=1S/C37H42FN5O9S2/c1-54(50,51)41-20-4-5-24-7-15-28(16-8-24)43-34(35(36(43)47)53-23-31(44)25-9-13-27(38)14-10-25)26-11-17-29(18-12-26)52-22-33(46)40-21-32(45)42-30(37(48)49)6-2-3-19-39/h7-18,30-31,34-35,41,44H,2-3,6,19-23,39H2,1H3,(H,40,46)(H,42,45)(H,48,49)/t30-,31+,34-,35-/m1/s1. The number of aliphatic hydroxyl groups is 1. The fourth-order valence-electron chi connectivity index (χ4n) is 5.37. The van der Waals surface area contributed by atoms with Gasteiger partial charge in [-0.15, -0.1) is 11.8 Å². The number of nitrogens with one attached hydrogen (secondary N) is 3. The zero-order chi connectivity index (χ0) is 39.3. The lowest BCUT2D eigenvalue weighted by atomic mass is 9.92. The van der Waals surface area contributed by atoms with E-state index in [1.165, 1.54) is 36.0 Å². The van der Waals surface area contributed by atoms with Crippen molar-refractivity contribution in [1.82, 2.24) is 15.4 Å². The Kier molecular flexibility index (Phi) is 15.4. The first-order valence-electron chi connectivity index (χ1n) is 16.9. The third-order valence-corrected chi connectivity index (χ3v) is 10.1. The molecular formula is C37H42FN5O9S2. The van der Waals surface area contributed by atoms with E-state index >= 15 is 0 Å². The second kappa shape index (κ2) is 19.9. The van der Waals surface area contributed by atoms with Crippen molar-refractivity contribution in [3.8, 4) is 17.6 Å². The van der Waals surface area contributed by atoms with Gasteiger partial charge in [0.15, 0.2) is 6.61 Å². The van der Waals surface area contributed by atoms with Crippen LogP contribution in [0, 0.1) is 17.7 Å². The molecule has 4 rings (SSSR count). The average Bonchev–Trinajstić information content (AvgIpc) is 3.14. The van der Waals surface area contributed by atoms with Crippen LogP contribution in [0.25, 0.3) is 0 Å². The number of aliphatic carboxylic acids is 1. The molecule has 7 N–H and O–H groups in total. The number of unbranched alkanes of at least 4 members (excludes halogenated alkanes) is 1. The lowest BCUT2D eigenvalue weighted by Gasteiger charge is -2.47. The Labute approximate surface area is 317 Å². The molecule has 0 saturated carbocycles. The van der Waals surface area contributed by atoms with Crippen LogP contribution in [0.1, 0.15) is 48.1 Å². The van der Waals surface area contributed by atoms with Crippen molar-refractivity contribution in [3.05, 3.63) is 95.3 Å². The fraction of sp³-hybridized carbons (Fsp3) is 0.351. The first-order chi connectivity index (χ1) is 25.8. The molecule has 3 aromatic rings. The monoisotopic (exact) mass is 783 g/mol. The second-order valence-electron chi connectivity index (χ2n) is 12.3. The molecule has 54 heavy (non-hydrogen) atoms. The molecular weight excluding hydrogens is 742 g/mol. The van der Waals surface area contributed by atoms with Crippen molar-refractivity contribution in [2.75, 3.05) is 43.1 Å². The number of rotatable bonds is 19. The summed E-state index contributed by atoms with van der Waals surface area (Å²) in [6.45, 7) is -0.497. The highest BCUT2D eigenvalue weighted by atomic mass is 32.2. The number of hydrogen-bond donors (Lipinski definition) is 6. The van der Waals surface area contributed by atoms with E-state index in [-0.39, 0.29) is 24.6 Å². The van der Waals surface area contributed by atoms with Crippen LogP contribution in [-0.4, -0.2) is 91.9 Å². The van der Waals surface area contributed by atoms with Gasteiger partial charge in [0.25, 0.3) is 5.91 Å². The summed E-state index contributed by atoms with van der Waals surface area (Å²) in [5.74, 6) is 3.05. The number of carboxylic acid groups (broad SMARTS) is 1. The Morgan fingerprint density at radius 1 is 1.02 bits per heavy atom. The molecule has 3 aromatic carbocycles. The van der Waals surface area contributed by atoms with Gasteiger partial charge >= 0.3 is 5.97 Å². The topological polar surface area (TPSA) is 217 Å². The van der Waals surface area contributed by atoms with Crippen LogP contribution in [0.15, 0.2) is 72.8 Å². The molecule has 1 fully saturated rings. The smallest absolute Gasteiger partial charge is 0.326 e. The van der Waals surface area contributed by atoms with Gasteiger partial charge < -0.3 is 36.2 Å². The number of sulfonamides is 1. The molecule has 0 bridgehead atoms. The van der Waals surface area contributed by atoms with Gasteiger partial charge in [-0.1, -0.05) is 36.1 Å². The van der Waals surface area contributed by atoms with Gasteiger partial charge in [-0.2, -0.15) is 0 Å². The number of benzene rings is 3. The minimum atomic E-state index is -3.37. The molecule has 0 aliphatic carbocycles. The number of carbonyl (C=O) groups is 4. The van der Waals surface area contributed by atoms with Crippen LogP contribution in [-0.2, 0) is 29.2 Å². The van der Waals surface area contributed by atoms with E-state index in [1.807, 2.05) is 0 Å². The van der Waals surface area contributed by atoms with E-state index < -0.39 is 70.2 Å². The molecule has 1 aliphatic heterocycles. The van der Waals surface area contributed by atoms with Gasteiger partial charge in [0.05, 0.1) is 31.5 Å². The summed E-state index contributed by atoms with van der Waals surface area (Å²) in [7, 11) is -3.37.